The molecule has 1 aliphatic heterocycles. The number of piperazine rings is 1. The molecule has 1 fully saturated rings. The Morgan fingerprint density at radius 1 is 1.14 bits per heavy atom. The van der Waals surface area contributed by atoms with Crippen LogP contribution in [0.4, 0.5) is 0 Å². The van der Waals surface area contributed by atoms with E-state index in [4.69, 9.17) is 5.11 Å². The third-order valence-corrected chi connectivity index (χ3v) is 2.28. The Hall–Kier alpha value is -0.160. The van der Waals surface area contributed by atoms with Gasteiger partial charge in [0.2, 0.25) is 0 Å². The average molecular weight is 204 g/mol. The summed E-state index contributed by atoms with van der Waals surface area (Å²) in [4.78, 5) is 4.45. The van der Waals surface area contributed by atoms with Crippen molar-refractivity contribution in [3.05, 3.63) is 0 Å². The third-order valence-electron chi connectivity index (χ3n) is 2.28. The van der Waals surface area contributed by atoms with Crippen molar-refractivity contribution in [1.29, 1.82) is 0 Å². The second-order valence-electron chi connectivity index (χ2n) is 3.44. The first-order chi connectivity index (χ1) is 6.72. The maximum absolute atomic E-state index is 9.17. The van der Waals surface area contributed by atoms with Crippen LogP contribution in [0.15, 0.2) is 0 Å². The van der Waals surface area contributed by atoms with Gasteiger partial charge in [0.15, 0.2) is 0 Å². The van der Waals surface area contributed by atoms with Crippen LogP contribution in [0.1, 0.15) is 13.8 Å². The topological polar surface area (TPSA) is 46.9 Å². The molecule has 0 aliphatic carbocycles. The number of likely N-dealkylation sites (N-methyl/N-ethyl adjacent to an activating group) is 1. The van der Waals surface area contributed by atoms with E-state index in [0.717, 1.165) is 26.2 Å². The highest BCUT2D eigenvalue weighted by molar-refractivity contribution is 4.71. The molecule has 0 aromatic heterocycles. The minimum atomic E-state index is -0.576. The third kappa shape index (κ3) is 5.54. The van der Waals surface area contributed by atoms with Crippen molar-refractivity contribution < 1.29 is 10.2 Å². The van der Waals surface area contributed by atoms with E-state index in [2.05, 4.69) is 16.8 Å². The van der Waals surface area contributed by atoms with Crippen molar-refractivity contribution in [2.45, 2.75) is 20.0 Å². The highest BCUT2D eigenvalue weighted by atomic mass is 16.3. The van der Waals surface area contributed by atoms with Gasteiger partial charge >= 0.3 is 0 Å². The summed E-state index contributed by atoms with van der Waals surface area (Å²) < 4.78 is 0. The lowest BCUT2D eigenvalue weighted by Gasteiger charge is -2.33. The second-order valence-corrected chi connectivity index (χ2v) is 3.44. The molecular weight excluding hydrogens is 180 g/mol. The van der Waals surface area contributed by atoms with Crippen LogP contribution in [0.5, 0.6) is 0 Å². The molecule has 0 aromatic carbocycles. The molecule has 0 amide bonds. The molecule has 0 saturated carbocycles. The fraction of sp³-hybridized carbons (Fsp3) is 1.00. The van der Waals surface area contributed by atoms with Gasteiger partial charge in [0.05, 0.1) is 12.7 Å². The summed E-state index contributed by atoms with van der Waals surface area (Å²) in [6.07, 6.45) is -0.576. The van der Waals surface area contributed by atoms with Crippen molar-refractivity contribution in [1.82, 2.24) is 9.80 Å². The van der Waals surface area contributed by atoms with Gasteiger partial charge in [0, 0.05) is 32.7 Å². The van der Waals surface area contributed by atoms with Gasteiger partial charge in [-0.25, -0.2) is 0 Å². The van der Waals surface area contributed by atoms with E-state index in [0.29, 0.717) is 6.54 Å². The Morgan fingerprint density at radius 3 is 2.07 bits per heavy atom. The lowest BCUT2D eigenvalue weighted by Crippen LogP contribution is -2.47. The molecule has 1 saturated heterocycles. The maximum Gasteiger partial charge on any atom is 0.0897 e. The number of hydrogen-bond acceptors (Lipinski definition) is 4. The lowest BCUT2D eigenvalue weighted by atomic mass is 10.3. The smallest absolute Gasteiger partial charge is 0.0897 e. The van der Waals surface area contributed by atoms with Gasteiger partial charge in [-0.05, 0) is 7.05 Å². The fourth-order valence-corrected chi connectivity index (χ4v) is 1.39. The molecule has 1 aliphatic rings. The van der Waals surface area contributed by atoms with E-state index in [1.165, 1.54) is 0 Å². The Labute approximate surface area is 87.1 Å². The molecular formula is C10H24N2O2. The first kappa shape index (κ1) is 13.8. The van der Waals surface area contributed by atoms with Crippen LogP contribution in [0, 0.1) is 0 Å². The summed E-state index contributed by atoms with van der Waals surface area (Å²) in [6.45, 7) is 8.56. The molecule has 4 heteroatoms. The maximum atomic E-state index is 9.17. The van der Waals surface area contributed by atoms with Crippen LogP contribution < -0.4 is 0 Å². The van der Waals surface area contributed by atoms with E-state index < -0.39 is 6.10 Å². The van der Waals surface area contributed by atoms with Crippen LogP contribution in [-0.2, 0) is 0 Å². The van der Waals surface area contributed by atoms with Gasteiger partial charge < -0.3 is 15.1 Å². The number of aliphatic hydroxyl groups is 2. The molecule has 1 unspecified atom stereocenters. The van der Waals surface area contributed by atoms with Gasteiger partial charge in [-0.1, -0.05) is 13.8 Å². The monoisotopic (exact) mass is 204 g/mol. The zero-order valence-corrected chi connectivity index (χ0v) is 9.61. The predicted molar refractivity (Wildman–Crippen MR) is 58.4 cm³/mol. The van der Waals surface area contributed by atoms with Crippen LogP contribution in [0.3, 0.4) is 0 Å². The molecule has 2 N–H and O–H groups in total. The van der Waals surface area contributed by atoms with Crippen LogP contribution in [0.2, 0.25) is 0 Å². The van der Waals surface area contributed by atoms with E-state index in [-0.39, 0.29) is 6.61 Å². The number of hydrogen-bond donors (Lipinski definition) is 2. The quantitative estimate of drug-likeness (QED) is 0.657. The lowest BCUT2D eigenvalue weighted by molar-refractivity contribution is 0.0434. The van der Waals surface area contributed by atoms with Crippen molar-refractivity contribution in [2.75, 3.05) is 46.4 Å². The SMILES string of the molecule is CC.CN1CCN(CC(O)CO)CC1. The molecule has 86 valence electrons. The summed E-state index contributed by atoms with van der Waals surface area (Å²) >= 11 is 0. The standard InChI is InChI=1S/C8H18N2O2.C2H6/c1-9-2-4-10(5-3-9)6-8(12)7-11;1-2/h8,11-12H,2-7H2,1H3;1-2H3. The Morgan fingerprint density at radius 2 is 1.64 bits per heavy atom. The second kappa shape index (κ2) is 8.17. The minimum Gasteiger partial charge on any atom is -0.394 e. The molecule has 0 bridgehead atoms. The van der Waals surface area contributed by atoms with Crippen molar-refractivity contribution in [3.8, 4) is 0 Å². The number of nitrogens with zero attached hydrogens (tertiary/aromatic N) is 2. The van der Waals surface area contributed by atoms with Gasteiger partial charge in [-0.15, -0.1) is 0 Å². The van der Waals surface area contributed by atoms with Crippen LogP contribution in [0.25, 0.3) is 0 Å². The molecule has 1 rings (SSSR count). The van der Waals surface area contributed by atoms with Gasteiger partial charge in [-0.2, -0.15) is 0 Å². The Bertz CT molecular complexity index is 125. The number of β-amino-alcohol motifs (C(OH)–C–C–N with tert-alkyl or cyclic N) is 1. The molecule has 0 radical (unpaired) electrons. The average Bonchev–Trinajstić information content (AvgIpc) is 2.24. The molecule has 1 atom stereocenters. The summed E-state index contributed by atoms with van der Waals surface area (Å²) in [5.41, 5.74) is 0. The highest BCUT2D eigenvalue weighted by Gasteiger charge is 2.15. The molecule has 4 nitrogen and oxygen atoms in total. The summed E-state index contributed by atoms with van der Waals surface area (Å²) in [5, 5.41) is 17.8. The molecule has 1 heterocycles. The van der Waals surface area contributed by atoms with Gasteiger partial charge in [-0.3, -0.25) is 4.90 Å². The van der Waals surface area contributed by atoms with E-state index in [1.807, 2.05) is 13.8 Å². The zero-order valence-electron chi connectivity index (χ0n) is 9.61. The first-order valence-corrected chi connectivity index (χ1v) is 5.42. The highest BCUT2D eigenvalue weighted by Crippen LogP contribution is 1.99. The Kier molecular flexibility index (Phi) is 8.08. The summed E-state index contributed by atoms with van der Waals surface area (Å²) in [7, 11) is 2.10. The first-order valence-electron chi connectivity index (χ1n) is 5.42. The predicted octanol–water partition coefficient (Wildman–Crippen LogP) is -0.387. The van der Waals surface area contributed by atoms with E-state index in [1.54, 1.807) is 0 Å². The van der Waals surface area contributed by atoms with Crippen LogP contribution in [-0.4, -0.2) is 72.5 Å². The molecule has 14 heavy (non-hydrogen) atoms. The summed E-state index contributed by atoms with van der Waals surface area (Å²) in [6, 6.07) is 0. The summed E-state index contributed by atoms with van der Waals surface area (Å²) in [5.74, 6) is 0. The minimum absolute atomic E-state index is 0.133. The fourth-order valence-electron chi connectivity index (χ4n) is 1.39. The van der Waals surface area contributed by atoms with Crippen molar-refractivity contribution in [3.63, 3.8) is 0 Å². The molecule has 0 aromatic rings. The van der Waals surface area contributed by atoms with Crippen molar-refractivity contribution >= 4 is 0 Å². The normalized spacial score (nSPS) is 21.2. The van der Waals surface area contributed by atoms with Gasteiger partial charge in [0.1, 0.15) is 0 Å². The molecule has 0 spiro atoms. The number of aliphatic hydroxyl groups excluding tert-OH is 2. The van der Waals surface area contributed by atoms with Crippen LogP contribution >= 0.6 is 0 Å². The number of rotatable bonds is 3. The zero-order chi connectivity index (χ0) is 11.0. The van der Waals surface area contributed by atoms with Crippen molar-refractivity contribution in [2.24, 2.45) is 0 Å². The van der Waals surface area contributed by atoms with Gasteiger partial charge in [0.25, 0.3) is 0 Å². The van der Waals surface area contributed by atoms with E-state index >= 15 is 0 Å². The largest absolute Gasteiger partial charge is 0.394 e. The Balaban J connectivity index is 0.000000791. The van der Waals surface area contributed by atoms with E-state index in [9.17, 15) is 5.11 Å².